The van der Waals surface area contributed by atoms with Gasteiger partial charge in [0.15, 0.2) is 6.61 Å². The number of benzene rings is 2. The highest BCUT2D eigenvalue weighted by molar-refractivity contribution is 7.92. The fourth-order valence-corrected chi connectivity index (χ4v) is 3.49. The van der Waals surface area contributed by atoms with Gasteiger partial charge in [0.25, 0.3) is 10.0 Å². The Balaban J connectivity index is 2.22. The number of hydrogen-bond donors (Lipinski definition) is 1. The standard InChI is InChI=1S/C18H21NO5S/c1-12-5-7-16(13(2)9-12)19-25(21,22)15-6-8-17(14(3)10-15)24-11-18(20)23-4/h5-10,19H,11H2,1-4H3. The molecule has 0 radical (unpaired) electrons. The van der Waals surface area contributed by atoms with Gasteiger partial charge in [-0.25, -0.2) is 13.2 Å². The van der Waals surface area contributed by atoms with Crippen molar-refractivity contribution in [3.63, 3.8) is 0 Å². The van der Waals surface area contributed by atoms with Gasteiger partial charge in [-0.3, -0.25) is 4.72 Å². The van der Waals surface area contributed by atoms with Gasteiger partial charge in [0.05, 0.1) is 17.7 Å². The molecule has 0 aliphatic carbocycles. The quantitative estimate of drug-likeness (QED) is 0.798. The Hall–Kier alpha value is -2.54. The molecule has 7 heteroatoms. The predicted molar refractivity (Wildman–Crippen MR) is 95.4 cm³/mol. The second-order valence-corrected chi connectivity index (χ2v) is 7.40. The van der Waals surface area contributed by atoms with Crippen molar-refractivity contribution >= 4 is 21.7 Å². The van der Waals surface area contributed by atoms with Gasteiger partial charge in [0.1, 0.15) is 5.75 Å². The summed E-state index contributed by atoms with van der Waals surface area (Å²) in [5.74, 6) is -0.0801. The highest BCUT2D eigenvalue weighted by Crippen LogP contribution is 2.25. The number of ether oxygens (including phenoxy) is 2. The van der Waals surface area contributed by atoms with Gasteiger partial charge < -0.3 is 9.47 Å². The van der Waals surface area contributed by atoms with Crippen LogP contribution in [-0.2, 0) is 19.6 Å². The van der Waals surface area contributed by atoms with Gasteiger partial charge in [-0.05, 0) is 56.2 Å². The lowest BCUT2D eigenvalue weighted by molar-refractivity contribution is -0.142. The van der Waals surface area contributed by atoms with Crippen LogP contribution in [0.15, 0.2) is 41.3 Å². The minimum absolute atomic E-state index is 0.121. The van der Waals surface area contributed by atoms with Crippen LogP contribution in [0.25, 0.3) is 0 Å². The number of nitrogens with one attached hydrogen (secondary N) is 1. The first kappa shape index (κ1) is 18.8. The van der Waals surface area contributed by atoms with Crippen LogP contribution >= 0.6 is 0 Å². The third kappa shape index (κ3) is 4.73. The summed E-state index contributed by atoms with van der Waals surface area (Å²) in [5, 5.41) is 0. The molecule has 0 heterocycles. The Kier molecular flexibility index (Phi) is 5.69. The van der Waals surface area contributed by atoms with Crippen molar-refractivity contribution in [2.75, 3.05) is 18.4 Å². The van der Waals surface area contributed by atoms with Gasteiger partial charge in [-0.15, -0.1) is 0 Å². The molecule has 134 valence electrons. The van der Waals surface area contributed by atoms with Gasteiger partial charge >= 0.3 is 5.97 Å². The number of methoxy groups -OCH3 is 1. The molecule has 2 rings (SSSR count). The molecular weight excluding hydrogens is 342 g/mol. The Morgan fingerprint density at radius 2 is 1.76 bits per heavy atom. The van der Waals surface area contributed by atoms with Crippen molar-refractivity contribution in [1.82, 2.24) is 0 Å². The van der Waals surface area contributed by atoms with E-state index in [0.717, 1.165) is 11.1 Å². The molecule has 0 atom stereocenters. The molecule has 0 saturated heterocycles. The van der Waals surface area contributed by atoms with E-state index in [1.165, 1.54) is 25.3 Å². The summed E-state index contributed by atoms with van der Waals surface area (Å²) in [7, 11) is -2.45. The highest BCUT2D eigenvalue weighted by atomic mass is 32.2. The first-order chi connectivity index (χ1) is 11.7. The molecule has 0 unspecified atom stereocenters. The van der Waals surface area contributed by atoms with E-state index in [1.54, 1.807) is 13.0 Å². The summed E-state index contributed by atoms with van der Waals surface area (Å²) in [6.45, 7) is 5.27. The number of sulfonamides is 1. The molecule has 0 spiro atoms. The topological polar surface area (TPSA) is 81.7 Å². The zero-order chi connectivity index (χ0) is 18.6. The molecule has 0 amide bonds. The molecule has 0 aromatic heterocycles. The average molecular weight is 363 g/mol. The van der Waals surface area contributed by atoms with Crippen LogP contribution in [0.2, 0.25) is 0 Å². The summed E-state index contributed by atoms with van der Waals surface area (Å²) >= 11 is 0. The molecule has 0 saturated carbocycles. The lowest BCUT2D eigenvalue weighted by atomic mass is 10.1. The summed E-state index contributed by atoms with van der Waals surface area (Å²) in [5.41, 5.74) is 3.04. The largest absolute Gasteiger partial charge is 0.482 e. The summed E-state index contributed by atoms with van der Waals surface area (Å²) < 4.78 is 37.6. The molecule has 0 aliphatic heterocycles. The Morgan fingerprint density at radius 1 is 1.04 bits per heavy atom. The van der Waals surface area contributed by atoms with Gasteiger partial charge in [-0.2, -0.15) is 0 Å². The van der Waals surface area contributed by atoms with Crippen LogP contribution < -0.4 is 9.46 Å². The molecule has 0 fully saturated rings. The number of carbonyl (C=O) groups excluding carboxylic acids is 1. The van der Waals surface area contributed by atoms with E-state index in [4.69, 9.17) is 4.74 Å². The molecule has 6 nitrogen and oxygen atoms in total. The second kappa shape index (κ2) is 7.57. The van der Waals surface area contributed by atoms with Crippen molar-refractivity contribution in [1.29, 1.82) is 0 Å². The van der Waals surface area contributed by atoms with Crippen molar-refractivity contribution in [2.24, 2.45) is 0 Å². The fraction of sp³-hybridized carbons (Fsp3) is 0.278. The predicted octanol–water partition coefficient (Wildman–Crippen LogP) is 2.96. The number of aryl methyl sites for hydroxylation is 3. The Labute approximate surface area is 147 Å². The molecule has 1 N–H and O–H groups in total. The second-order valence-electron chi connectivity index (χ2n) is 5.72. The van der Waals surface area contributed by atoms with Crippen molar-refractivity contribution in [3.8, 4) is 5.75 Å². The number of rotatable bonds is 6. The van der Waals surface area contributed by atoms with E-state index in [-0.39, 0.29) is 11.5 Å². The minimum atomic E-state index is -3.72. The first-order valence-corrected chi connectivity index (χ1v) is 9.11. The highest BCUT2D eigenvalue weighted by Gasteiger charge is 2.17. The SMILES string of the molecule is COC(=O)COc1ccc(S(=O)(=O)Nc2ccc(C)cc2C)cc1C. The minimum Gasteiger partial charge on any atom is -0.482 e. The van der Waals surface area contributed by atoms with Crippen LogP contribution in [0.3, 0.4) is 0 Å². The number of esters is 1. The van der Waals surface area contributed by atoms with Gasteiger partial charge in [0.2, 0.25) is 0 Å². The lowest BCUT2D eigenvalue weighted by Crippen LogP contribution is -2.15. The van der Waals surface area contributed by atoms with E-state index in [9.17, 15) is 13.2 Å². The maximum Gasteiger partial charge on any atom is 0.343 e. The summed E-state index contributed by atoms with van der Waals surface area (Å²) in [4.78, 5) is 11.2. The number of hydrogen-bond acceptors (Lipinski definition) is 5. The molecule has 2 aromatic carbocycles. The maximum absolute atomic E-state index is 12.6. The smallest absolute Gasteiger partial charge is 0.343 e. The molecule has 0 aliphatic rings. The zero-order valence-electron chi connectivity index (χ0n) is 14.6. The molecular formula is C18H21NO5S. The van der Waals surface area contributed by atoms with Crippen LogP contribution in [0.5, 0.6) is 5.75 Å². The lowest BCUT2D eigenvalue weighted by Gasteiger charge is -2.13. The van der Waals surface area contributed by atoms with Crippen molar-refractivity contribution < 1.29 is 22.7 Å². The van der Waals surface area contributed by atoms with E-state index in [2.05, 4.69) is 9.46 Å². The van der Waals surface area contributed by atoms with Gasteiger partial charge in [0, 0.05) is 0 Å². The van der Waals surface area contributed by atoms with Crippen LogP contribution in [-0.4, -0.2) is 28.1 Å². The van der Waals surface area contributed by atoms with Crippen LogP contribution in [0.1, 0.15) is 16.7 Å². The fourth-order valence-electron chi connectivity index (χ4n) is 2.28. The number of anilines is 1. The third-order valence-electron chi connectivity index (χ3n) is 3.66. The molecule has 2 aromatic rings. The Bertz CT molecular complexity index is 890. The Morgan fingerprint density at radius 3 is 2.36 bits per heavy atom. The third-order valence-corrected chi connectivity index (χ3v) is 5.02. The van der Waals surface area contributed by atoms with E-state index >= 15 is 0 Å². The average Bonchev–Trinajstić information content (AvgIpc) is 2.55. The monoisotopic (exact) mass is 363 g/mol. The summed E-state index contributed by atoms with van der Waals surface area (Å²) in [6.07, 6.45) is 0. The maximum atomic E-state index is 12.6. The number of carbonyl (C=O) groups is 1. The summed E-state index contributed by atoms with van der Waals surface area (Å²) in [6, 6.07) is 9.95. The molecule has 25 heavy (non-hydrogen) atoms. The van der Waals surface area contributed by atoms with E-state index in [1.807, 2.05) is 26.0 Å². The van der Waals surface area contributed by atoms with E-state index in [0.29, 0.717) is 17.0 Å². The zero-order valence-corrected chi connectivity index (χ0v) is 15.4. The van der Waals surface area contributed by atoms with Crippen molar-refractivity contribution in [2.45, 2.75) is 25.7 Å². The van der Waals surface area contributed by atoms with Crippen molar-refractivity contribution in [3.05, 3.63) is 53.1 Å². The first-order valence-electron chi connectivity index (χ1n) is 7.63. The van der Waals surface area contributed by atoms with Crippen LogP contribution in [0.4, 0.5) is 5.69 Å². The molecule has 0 bridgehead atoms. The normalized spacial score (nSPS) is 11.0. The van der Waals surface area contributed by atoms with Gasteiger partial charge in [-0.1, -0.05) is 17.7 Å². The van der Waals surface area contributed by atoms with Crippen LogP contribution in [0, 0.1) is 20.8 Å². The van der Waals surface area contributed by atoms with E-state index < -0.39 is 16.0 Å².